The molecule has 0 aliphatic heterocycles. The molecule has 22 heavy (non-hydrogen) atoms. The van der Waals surface area contributed by atoms with Gasteiger partial charge in [-0.05, 0) is 23.7 Å². The first kappa shape index (κ1) is 14.7. The van der Waals surface area contributed by atoms with E-state index in [-0.39, 0.29) is 23.1 Å². The minimum absolute atomic E-state index is 0.00221. The summed E-state index contributed by atoms with van der Waals surface area (Å²) in [5.74, 6) is 1.87. The van der Waals surface area contributed by atoms with Gasteiger partial charge in [0, 0.05) is 24.0 Å². The van der Waals surface area contributed by atoms with E-state index >= 15 is 0 Å². The van der Waals surface area contributed by atoms with Gasteiger partial charge in [-0.15, -0.1) is 11.3 Å². The molecule has 1 aromatic carbocycles. The summed E-state index contributed by atoms with van der Waals surface area (Å²) in [5, 5.41) is 16.6. The first-order valence-electron chi connectivity index (χ1n) is 6.88. The largest absolute Gasteiger partial charge is 0.692 e. The fraction of sp³-hybridized carbons (Fsp3) is 0.333. The van der Waals surface area contributed by atoms with Crippen molar-refractivity contribution in [2.45, 2.75) is 25.7 Å². The zero-order chi connectivity index (χ0) is 15.7. The number of fused-ring (bicyclic) bond motifs is 1. The maximum absolute atomic E-state index is 14.2. The van der Waals surface area contributed by atoms with Gasteiger partial charge in [0.1, 0.15) is 12.4 Å². The summed E-state index contributed by atoms with van der Waals surface area (Å²) in [7, 11) is 0. The zero-order valence-electron chi connectivity index (χ0n) is 11.7. The minimum Gasteiger partial charge on any atom is -0.692 e. The highest BCUT2D eigenvalue weighted by atomic mass is 35.5. The average molecular weight is 322 g/mol. The molecule has 0 spiro atoms. The molecule has 1 aliphatic carbocycles. The Morgan fingerprint density at radius 3 is 2.95 bits per heavy atom. The van der Waals surface area contributed by atoms with E-state index in [1.807, 2.05) is 0 Å². The number of terminal acetylenes is 1. The third-order valence-corrected chi connectivity index (χ3v) is 3.85. The van der Waals surface area contributed by atoms with Gasteiger partial charge in [-0.2, -0.15) is 0 Å². The molecule has 1 aromatic heterocycles. The zero-order valence-corrected chi connectivity index (χ0v) is 12.4. The molecule has 0 unspecified atom stereocenters. The molecular weight excluding hydrogens is 309 g/mol. The molecule has 114 valence electrons. The summed E-state index contributed by atoms with van der Waals surface area (Å²) in [5.41, 5.74) is 1.29. The molecule has 1 heterocycles. The molecule has 7 heteroatoms. The lowest BCUT2D eigenvalue weighted by molar-refractivity contribution is -0.696. The third-order valence-electron chi connectivity index (χ3n) is 3.56. The number of halogens is 2. The van der Waals surface area contributed by atoms with Gasteiger partial charge in [-0.1, -0.05) is 17.5 Å². The highest BCUT2D eigenvalue weighted by molar-refractivity contribution is 6.32. The molecule has 0 saturated carbocycles. The van der Waals surface area contributed by atoms with Crippen molar-refractivity contribution in [3.63, 3.8) is 0 Å². The van der Waals surface area contributed by atoms with E-state index in [0.29, 0.717) is 22.7 Å². The summed E-state index contributed by atoms with van der Waals surface area (Å²) in [6, 6.07) is 2.42. The molecule has 0 saturated heterocycles. The van der Waals surface area contributed by atoms with Gasteiger partial charge < -0.3 is 9.94 Å². The first-order chi connectivity index (χ1) is 10.6. The van der Waals surface area contributed by atoms with Crippen molar-refractivity contribution in [2.75, 3.05) is 6.61 Å². The van der Waals surface area contributed by atoms with Crippen LogP contribution in [0.1, 0.15) is 24.2 Å². The van der Waals surface area contributed by atoms with Crippen molar-refractivity contribution in [1.29, 1.82) is 0 Å². The van der Waals surface area contributed by atoms with Crippen LogP contribution in [0.5, 0.6) is 5.75 Å². The second-order valence-corrected chi connectivity index (χ2v) is 5.40. The highest BCUT2D eigenvalue weighted by Crippen LogP contribution is 2.29. The van der Waals surface area contributed by atoms with Crippen molar-refractivity contribution in [3.8, 4) is 23.8 Å². The Kier molecular flexibility index (Phi) is 3.90. The van der Waals surface area contributed by atoms with Crippen LogP contribution in [0.3, 0.4) is 0 Å². The Morgan fingerprint density at radius 1 is 1.45 bits per heavy atom. The predicted molar refractivity (Wildman–Crippen MR) is 78.5 cm³/mol. The van der Waals surface area contributed by atoms with Crippen LogP contribution < -0.4 is 9.58 Å². The van der Waals surface area contributed by atoms with E-state index in [1.165, 1.54) is 6.07 Å². The molecule has 0 N–H and O–H groups in total. The van der Waals surface area contributed by atoms with Gasteiger partial charge in [0.2, 0.25) is 5.69 Å². The Morgan fingerprint density at radius 2 is 2.23 bits per heavy atom. The van der Waals surface area contributed by atoms with Crippen molar-refractivity contribution >= 4 is 11.6 Å². The number of aryl methyl sites for hydroxylation is 1. The van der Waals surface area contributed by atoms with Gasteiger partial charge in [0.25, 0.3) is 0 Å². The second kappa shape index (κ2) is 5.85. The number of rotatable bonds is 3. The Balaban J connectivity index is 2.08. The van der Waals surface area contributed by atoms with Gasteiger partial charge in [-0.3, -0.25) is 0 Å². The summed E-state index contributed by atoms with van der Waals surface area (Å²) in [6.07, 6.45) is 8.41. The minimum atomic E-state index is -0.650. The molecular formula is C15H13ClFN3O2. The second-order valence-electron chi connectivity index (χ2n) is 4.99. The summed E-state index contributed by atoms with van der Waals surface area (Å²) in [6.45, 7) is -0.00221. The van der Waals surface area contributed by atoms with E-state index in [4.69, 9.17) is 22.8 Å². The predicted octanol–water partition coefficient (Wildman–Crippen LogP) is 2.19. The van der Waals surface area contributed by atoms with Crippen LogP contribution in [0.4, 0.5) is 4.39 Å². The molecule has 3 rings (SSSR count). The third kappa shape index (κ3) is 2.48. The van der Waals surface area contributed by atoms with Crippen LogP contribution >= 0.6 is 11.6 Å². The van der Waals surface area contributed by atoms with Crippen molar-refractivity contribution in [1.82, 2.24) is 9.90 Å². The lowest BCUT2D eigenvalue weighted by Crippen LogP contribution is -2.41. The topological polar surface area (TPSA) is 54.0 Å². The number of hydrogen-bond donors (Lipinski definition) is 0. The summed E-state index contributed by atoms with van der Waals surface area (Å²) < 4.78 is 19.4. The molecule has 0 fully saturated rings. The van der Waals surface area contributed by atoms with Gasteiger partial charge in [0.15, 0.2) is 17.2 Å². The smallest absolute Gasteiger partial charge is 0.222 e. The SMILES string of the molecule is C#CCOc1cc(-n2nc3c([n+]2[O-])CCCC3)c(F)cc1Cl. The highest BCUT2D eigenvalue weighted by Gasteiger charge is 2.27. The summed E-state index contributed by atoms with van der Waals surface area (Å²) in [4.78, 5) is 1.64. The molecule has 0 bridgehead atoms. The standard InChI is InChI=1S/C15H13ClFN3O2/c1-2-7-22-15-9-14(11(17)8-10(15)16)19-18-12-5-3-4-6-13(12)20(19)21/h1,8-9H,3-7H2. The fourth-order valence-corrected chi connectivity index (χ4v) is 2.71. The molecule has 2 aromatic rings. The molecule has 0 atom stereocenters. The molecule has 1 aliphatic rings. The number of benzene rings is 1. The first-order valence-corrected chi connectivity index (χ1v) is 7.26. The lowest BCUT2D eigenvalue weighted by atomic mass is 10.0. The number of aromatic nitrogens is 3. The van der Waals surface area contributed by atoms with E-state index in [1.54, 1.807) is 0 Å². The summed E-state index contributed by atoms with van der Waals surface area (Å²) >= 11 is 5.92. The van der Waals surface area contributed by atoms with Crippen LogP contribution in [0.15, 0.2) is 12.1 Å². The van der Waals surface area contributed by atoms with Crippen LogP contribution in [-0.2, 0) is 12.8 Å². The lowest BCUT2D eigenvalue weighted by Gasteiger charge is -2.11. The van der Waals surface area contributed by atoms with E-state index in [9.17, 15) is 9.60 Å². The molecule has 0 amide bonds. The van der Waals surface area contributed by atoms with Crippen LogP contribution in [-0.4, -0.2) is 16.5 Å². The maximum Gasteiger partial charge on any atom is 0.222 e. The number of nitrogens with zero attached hydrogens (tertiary/aromatic N) is 3. The maximum atomic E-state index is 14.2. The number of hydrogen-bond acceptors (Lipinski definition) is 3. The van der Waals surface area contributed by atoms with E-state index in [0.717, 1.165) is 30.1 Å². The van der Waals surface area contributed by atoms with E-state index < -0.39 is 5.82 Å². The van der Waals surface area contributed by atoms with Crippen molar-refractivity contribution in [3.05, 3.63) is 39.6 Å². The van der Waals surface area contributed by atoms with Gasteiger partial charge in [0.05, 0.1) is 5.02 Å². The average Bonchev–Trinajstić information content (AvgIpc) is 2.84. The van der Waals surface area contributed by atoms with Crippen LogP contribution in [0, 0.1) is 23.4 Å². The van der Waals surface area contributed by atoms with Crippen LogP contribution in [0.2, 0.25) is 5.02 Å². The van der Waals surface area contributed by atoms with Crippen molar-refractivity contribution < 1.29 is 14.0 Å². The van der Waals surface area contributed by atoms with E-state index in [2.05, 4.69) is 11.0 Å². The molecule has 0 radical (unpaired) electrons. The van der Waals surface area contributed by atoms with Crippen LogP contribution in [0.25, 0.3) is 5.69 Å². The number of ether oxygens (including phenoxy) is 1. The normalized spacial score (nSPS) is 13.5. The Hall–Kier alpha value is -2.26. The quantitative estimate of drug-likeness (QED) is 0.495. The van der Waals surface area contributed by atoms with Gasteiger partial charge in [-0.25, -0.2) is 4.39 Å². The Bertz CT molecular complexity index is 767. The van der Waals surface area contributed by atoms with Crippen molar-refractivity contribution in [2.24, 2.45) is 0 Å². The molecule has 5 nitrogen and oxygen atoms in total. The monoisotopic (exact) mass is 321 g/mol. The Labute approximate surface area is 131 Å². The van der Waals surface area contributed by atoms with Gasteiger partial charge >= 0.3 is 0 Å². The fourth-order valence-electron chi connectivity index (χ4n) is 2.51.